The molecule has 2 aliphatic heterocycles. The molecule has 0 aromatic rings. The van der Waals surface area contributed by atoms with Gasteiger partial charge in [0.15, 0.2) is 0 Å². The minimum atomic E-state index is 0.446. The van der Waals surface area contributed by atoms with E-state index in [2.05, 4.69) is 5.32 Å². The summed E-state index contributed by atoms with van der Waals surface area (Å²) in [5, 5.41) is 3.35. The summed E-state index contributed by atoms with van der Waals surface area (Å²) in [7, 11) is 0. The molecule has 0 saturated carbocycles. The molecule has 2 aliphatic rings. The van der Waals surface area contributed by atoms with Gasteiger partial charge in [0, 0.05) is 19.4 Å². The third-order valence-corrected chi connectivity index (χ3v) is 4.00. The standard InChI is InChI=1S/C14H25NO2/c16-13(7-6-12-8-9-15-11-12)3-1-4-14-5-2-10-17-14/h12,14-15H,1-11H2. The normalized spacial score (nSPS) is 28.7. The largest absolute Gasteiger partial charge is 0.378 e. The molecule has 17 heavy (non-hydrogen) atoms. The highest BCUT2D eigenvalue weighted by atomic mass is 16.5. The van der Waals surface area contributed by atoms with Crippen LogP contribution in [0.4, 0.5) is 0 Å². The topological polar surface area (TPSA) is 38.3 Å². The Morgan fingerprint density at radius 2 is 2.18 bits per heavy atom. The Labute approximate surface area is 104 Å². The zero-order chi connectivity index (χ0) is 11.9. The number of carbonyl (C=O) groups excluding carboxylic acids is 1. The fourth-order valence-corrected chi connectivity index (χ4v) is 2.85. The molecule has 3 heteroatoms. The first kappa shape index (κ1) is 13.0. The predicted octanol–water partition coefficient (Wildman–Crippen LogP) is 2.29. The van der Waals surface area contributed by atoms with Crippen LogP contribution in [0.25, 0.3) is 0 Å². The van der Waals surface area contributed by atoms with Crippen LogP contribution in [0.5, 0.6) is 0 Å². The lowest BCUT2D eigenvalue weighted by molar-refractivity contribution is -0.119. The van der Waals surface area contributed by atoms with Gasteiger partial charge in [0.2, 0.25) is 0 Å². The van der Waals surface area contributed by atoms with E-state index in [-0.39, 0.29) is 0 Å². The molecule has 2 saturated heterocycles. The number of ether oxygens (including phenoxy) is 1. The molecule has 0 spiro atoms. The third-order valence-electron chi connectivity index (χ3n) is 4.00. The molecule has 2 rings (SSSR count). The zero-order valence-corrected chi connectivity index (χ0v) is 10.7. The Balaban J connectivity index is 1.48. The molecule has 2 atom stereocenters. The van der Waals surface area contributed by atoms with E-state index in [0.29, 0.717) is 11.9 Å². The molecular weight excluding hydrogens is 214 g/mol. The first-order valence-electron chi connectivity index (χ1n) is 7.18. The maximum Gasteiger partial charge on any atom is 0.132 e. The highest BCUT2D eigenvalue weighted by molar-refractivity contribution is 5.78. The van der Waals surface area contributed by atoms with Crippen LogP contribution in [0.15, 0.2) is 0 Å². The van der Waals surface area contributed by atoms with Gasteiger partial charge in [0.1, 0.15) is 5.78 Å². The summed E-state index contributed by atoms with van der Waals surface area (Å²) in [4.78, 5) is 11.7. The van der Waals surface area contributed by atoms with Crippen LogP contribution >= 0.6 is 0 Å². The average Bonchev–Trinajstić information content (AvgIpc) is 2.99. The van der Waals surface area contributed by atoms with Crippen molar-refractivity contribution in [2.45, 2.75) is 57.5 Å². The molecule has 0 aromatic heterocycles. The van der Waals surface area contributed by atoms with E-state index in [0.717, 1.165) is 57.7 Å². The summed E-state index contributed by atoms with van der Waals surface area (Å²) in [6.45, 7) is 3.17. The van der Waals surface area contributed by atoms with Gasteiger partial charge in [-0.2, -0.15) is 0 Å². The second-order valence-electron chi connectivity index (χ2n) is 5.46. The minimum absolute atomic E-state index is 0.446. The van der Waals surface area contributed by atoms with Gasteiger partial charge in [0.25, 0.3) is 0 Å². The van der Waals surface area contributed by atoms with Crippen molar-refractivity contribution in [3.8, 4) is 0 Å². The van der Waals surface area contributed by atoms with E-state index in [1.54, 1.807) is 0 Å². The molecule has 2 fully saturated rings. The van der Waals surface area contributed by atoms with E-state index in [1.165, 1.54) is 19.3 Å². The second kappa shape index (κ2) is 7.12. The van der Waals surface area contributed by atoms with E-state index in [1.807, 2.05) is 0 Å². The summed E-state index contributed by atoms with van der Waals surface area (Å²) in [6.07, 6.45) is 8.84. The number of nitrogens with one attached hydrogen (secondary N) is 1. The molecule has 0 aliphatic carbocycles. The monoisotopic (exact) mass is 239 g/mol. The summed E-state index contributed by atoms with van der Waals surface area (Å²) in [6, 6.07) is 0. The van der Waals surface area contributed by atoms with E-state index < -0.39 is 0 Å². The molecule has 2 heterocycles. The molecule has 3 nitrogen and oxygen atoms in total. The number of ketones is 1. The molecule has 2 unspecified atom stereocenters. The Morgan fingerprint density at radius 3 is 2.88 bits per heavy atom. The second-order valence-corrected chi connectivity index (χ2v) is 5.46. The summed E-state index contributed by atoms with van der Waals surface area (Å²) in [5.74, 6) is 1.20. The van der Waals surface area contributed by atoms with Crippen LogP contribution in [-0.2, 0) is 9.53 Å². The first-order valence-corrected chi connectivity index (χ1v) is 7.18. The zero-order valence-electron chi connectivity index (χ0n) is 10.7. The van der Waals surface area contributed by atoms with Crippen LogP contribution < -0.4 is 5.32 Å². The van der Waals surface area contributed by atoms with Gasteiger partial charge in [-0.25, -0.2) is 0 Å². The SMILES string of the molecule is O=C(CCCC1CCCO1)CCC1CCNC1. The molecule has 0 aromatic carbocycles. The molecule has 1 N–H and O–H groups in total. The minimum Gasteiger partial charge on any atom is -0.378 e. The van der Waals surface area contributed by atoms with Crippen LogP contribution in [0.1, 0.15) is 51.4 Å². The Morgan fingerprint density at radius 1 is 1.24 bits per heavy atom. The van der Waals surface area contributed by atoms with E-state index in [4.69, 9.17) is 4.74 Å². The van der Waals surface area contributed by atoms with Crippen molar-refractivity contribution in [3.63, 3.8) is 0 Å². The van der Waals surface area contributed by atoms with Crippen LogP contribution in [0, 0.1) is 5.92 Å². The quantitative estimate of drug-likeness (QED) is 0.741. The van der Waals surface area contributed by atoms with Crippen molar-refractivity contribution in [2.75, 3.05) is 19.7 Å². The third kappa shape index (κ3) is 4.76. The predicted molar refractivity (Wildman–Crippen MR) is 68.0 cm³/mol. The van der Waals surface area contributed by atoms with Gasteiger partial charge in [-0.15, -0.1) is 0 Å². The lowest BCUT2D eigenvalue weighted by Crippen LogP contribution is -2.11. The van der Waals surface area contributed by atoms with Crippen LogP contribution in [-0.4, -0.2) is 31.6 Å². The maximum atomic E-state index is 11.7. The summed E-state index contributed by atoms with van der Waals surface area (Å²) >= 11 is 0. The van der Waals surface area contributed by atoms with E-state index >= 15 is 0 Å². The van der Waals surface area contributed by atoms with Gasteiger partial charge < -0.3 is 10.1 Å². The van der Waals surface area contributed by atoms with Gasteiger partial charge in [-0.3, -0.25) is 4.79 Å². The lowest BCUT2D eigenvalue weighted by atomic mass is 9.98. The van der Waals surface area contributed by atoms with E-state index in [9.17, 15) is 4.79 Å². The fraction of sp³-hybridized carbons (Fsp3) is 0.929. The van der Waals surface area contributed by atoms with Crippen LogP contribution in [0.3, 0.4) is 0 Å². The lowest BCUT2D eigenvalue weighted by Gasteiger charge is -2.09. The molecular formula is C14H25NO2. The number of carbonyl (C=O) groups is 1. The van der Waals surface area contributed by atoms with Crippen molar-refractivity contribution < 1.29 is 9.53 Å². The summed E-state index contributed by atoms with van der Waals surface area (Å²) in [5.41, 5.74) is 0. The van der Waals surface area contributed by atoms with Gasteiger partial charge in [-0.1, -0.05) is 0 Å². The van der Waals surface area contributed by atoms with Crippen LogP contribution in [0.2, 0.25) is 0 Å². The van der Waals surface area contributed by atoms with Gasteiger partial charge in [0.05, 0.1) is 6.10 Å². The average molecular weight is 239 g/mol. The summed E-state index contributed by atoms with van der Waals surface area (Å²) < 4.78 is 5.56. The fourth-order valence-electron chi connectivity index (χ4n) is 2.85. The molecule has 0 radical (unpaired) electrons. The number of hydrogen-bond donors (Lipinski definition) is 1. The number of rotatable bonds is 7. The highest BCUT2D eigenvalue weighted by Gasteiger charge is 2.17. The maximum absolute atomic E-state index is 11.7. The number of hydrogen-bond acceptors (Lipinski definition) is 3. The molecule has 0 bridgehead atoms. The Kier molecular flexibility index (Phi) is 5.46. The van der Waals surface area contributed by atoms with Crippen molar-refractivity contribution in [1.82, 2.24) is 5.32 Å². The van der Waals surface area contributed by atoms with Crippen molar-refractivity contribution in [1.29, 1.82) is 0 Å². The first-order chi connectivity index (χ1) is 8.34. The number of Topliss-reactive ketones (excluding diaryl/α,β-unsaturated/α-hetero) is 1. The smallest absolute Gasteiger partial charge is 0.132 e. The molecule has 0 amide bonds. The van der Waals surface area contributed by atoms with Gasteiger partial charge >= 0.3 is 0 Å². The Hall–Kier alpha value is -0.410. The van der Waals surface area contributed by atoms with Crippen molar-refractivity contribution >= 4 is 5.78 Å². The van der Waals surface area contributed by atoms with Crippen molar-refractivity contribution in [3.05, 3.63) is 0 Å². The highest BCUT2D eigenvalue weighted by Crippen LogP contribution is 2.19. The van der Waals surface area contributed by atoms with Crippen molar-refractivity contribution in [2.24, 2.45) is 5.92 Å². The Bertz CT molecular complexity index is 230. The van der Waals surface area contributed by atoms with Gasteiger partial charge in [-0.05, 0) is 57.5 Å². The molecule has 98 valence electrons.